The molecule has 2 aromatic carbocycles. The molecule has 0 aliphatic rings. The average Bonchev–Trinajstić information content (AvgIpc) is 2.87. The molecule has 0 radical (unpaired) electrons. The molecule has 0 heterocycles. The van der Waals surface area contributed by atoms with Gasteiger partial charge in [-0.1, -0.05) is 86.4 Å². The van der Waals surface area contributed by atoms with Crippen LogP contribution in [0.2, 0.25) is 0 Å². The molecule has 0 saturated heterocycles. The topological polar surface area (TPSA) is 133 Å². The standard InChI is InChI=1S/C26H32N2O6S2/c1-5-15(3)21(25(31)32)27-23(29)17-11-7-9-13-19(17)35-36-20-14-10-8-12-18(20)24(30)28-22(26(33)34)16(4)6-2/h7-16,21-22H,5-6H2,1-4H3,(H,27,29)(H,28,30)(H,31,32)(H,33,34)/t15?,16?,21-,22+. The van der Waals surface area contributed by atoms with Crippen molar-refractivity contribution in [3.8, 4) is 0 Å². The monoisotopic (exact) mass is 532 g/mol. The van der Waals surface area contributed by atoms with Gasteiger partial charge in [0.1, 0.15) is 12.1 Å². The van der Waals surface area contributed by atoms with Crippen LogP contribution in [-0.4, -0.2) is 46.0 Å². The van der Waals surface area contributed by atoms with Gasteiger partial charge in [0.15, 0.2) is 0 Å². The average molecular weight is 533 g/mol. The first-order valence-corrected chi connectivity index (χ1v) is 13.8. The molecule has 0 bridgehead atoms. The van der Waals surface area contributed by atoms with Crippen molar-refractivity contribution in [1.82, 2.24) is 10.6 Å². The van der Waals surface area contributed by atoms with Gasteiger partial charge in [0.05, 0.1) is 11.1 Å². The van der Waals surface area contributed by atoms with E-state index in [0.717, 1.165) is 0 Å². The molecule has 0 spiro atoms. The zero-order valence-electron chi connectivity index (χ0n) is 20.7. The van der Waals surface area contributed by atoms with Crippen LogP contribution in [0.15, 0.2) is 58.3 Å². The second-order valence-electron chi connectivity index (χ2n) is 8.51. The van der Waals surface area contributed by atoms with Crippen molar-refractivity contribution in [2.24, 2.45) is 11.8 Å². The minimum Gasteiger partial charge on any atom is -0.480 e. The molecule has 8 nitrogen and oxygen atoms in total. The zero-order chi connectivity index (χ0) is 26.8. The first-order valence-electron chi connectivity index (χ1n) is 11.7. The maximum Gasteiger partial charge on any atom is 0.326 e. The SMILES string of the molecule is CCC(C)[C@H](NC(=O)c1ccccc1SSc1ccccc1C(=O)N[C@@H](C(=O)O)C(C)CC)C(=O)O. The van der Waals surface area contributed by atoms with Crippen LogP contribution >= 0.6 is 21.6 Å². The molecule has 0 aliphatic carbocycles. The Morgan fingerprint density at radius 3 is 1.33 bits per heavy atom. The summed E-state index contributed by atoms with van der Waals surface area (Å²) in [7, 11) is 2.52. The van der Waals surface area contributed by atoms with Gasteiger partial charge in [0.2, 0.25) is 0 Å². The van der Waals surface area contributed by atoms with Crippen LogP contribution in [0, 0.1) is 11.8 Å². The summed E-state index contributed by atoms with van der Waals surface area (Å²) in [4.78, 5) is 50.4. The highest BCUT2D eigenvalue weighted by molar-refractivity contribution is 8.76. The Bertz CT molecular complexity index is 1010. The molecule has 0 saturated carbocycles. The number of aliphatic carboxylic acids is 2. The lowest BCUT2D eigenvalue weighted by molar-refractivity contribution is -0.141. The number of hydrogen-bond acceptors (Lipinski definition) is 6. The molecular formula is C26H32N2O6S2. The lowest BCUT2D eigenvalue weighted by Gasteiger charge is -2.21. The van der Waals surface area contributed by atoms with Gasteiger partial charge in [-0.05, 0) is 36.1 Å². The van der Waals surface area contributed by atoms with Gasteiger partial charge in [0.25, 0.3) is 11.8 Å². The van der Waals surface area contributed by atoms with E-state index in [1.165, 1.54) is 21.6 Å². The van der Waals surface area contributed by atoms with Crippen LogP contribution in [0.4, 0.5) is 0 Å². The van der Waals surface area contributed by atoms with Crippen LogP contribution in [0.1, 0.15) is 61.3 Å². The number of benzene rings is 2. The van der Waals surface area contributed by atoms with E-state index >= 15 is 0 Å². The normalized spacial score (nSPS) is 14.2. The van der Waals surface area contributed by atoms with Gasteiger partial charge >= 0.3 is 11.9 Å². The Kier molecular flexibility index (Phi) is 11.3. The third-order valence-electron chi connectivity index (χ3n) is 6.02. The van der Waals surface area contributed by atoms with E-state index < -0.39 is 35.8 Å². The van der Waals surface area contributed by atoms with E-state index in [2.05, 4.69) is 10.6 Å². The number of amides is 2. The Morgan fingerprint density at radius 2 is 1.03 bits per heavy atom. The summed E-state index contributed by atoms with van der Waals surface area (Å²) in [5.74, 6) is -3.64. The minimum atomic E-state index is -1.09. The number of carbonyl (C=O) groups is 4. The van der Waals surface area contributed by atoms with Crippen molar-refractivity contribution in [2.45, 2.75) is 62.4 Å². The zero-order valence-corrected chi connectivity index (χ0v) is 22.3. The van der Waals surface area contributed by atoms with E-state index in [4.69, 9.17) is 0 Å². The molecule has 36 heavy (non-hydrogen) atoms. The van der Waals surface area contributed by atoms with E-state index in [1.807, 2.05) is 13.8 Å². The van der Waals surface area contributed by atoms with Crippen molar-refractivity contribution >= 4 is 45.3 Å². The quantitative estimate of drug-likeness (QED) is 0.267. The highest BCUT2D eigenvalue weighted by Gasteiger charge is 2.28. The second-order valence-corrected chi connectivity index (χ2v) is 10.7. The molecule has 4 N–H and O–H groups in total. The Morgan fingerprint density at radius 1 is 0.694 bits per heavy atom. The van der Waals surface area contributed by atoms with Crippen molar-refractivity contribution in [3.05, 3.63) is 59.7 Å². The molecule has 0 aromatic heterocycles. The first kappa shape index (κ1) is 29.3. The van der Waals surface area contributed by atoms with Crippen molar-refractivity contribution in [2.75, 3.05) is 0 Å². The fourth-order valence-electron chi connectivity index (χ4n) is 3.35. The highest BCUT2D eigenvalue weighted by Crippen LogP contribution is 2.40. The van der Waals surface area contributed by atoms with Crippen molar-refractivity contribution < 1.29 is 29.4 Å². The van der Waals surface area contributed by atoms with E-state index in [-0.39, 0.29) is 11.8 Å². The summed E-state index contributed by atoms with van der Waals surface area (Å²) in [6.45, 7) is 7.27. The van der Waals surface area contributed by atoms with Crippen LogP contribution in [0.25, 0.3) is 0 Å². The summed E-state index contributed by atoms with van der Waals surface area (Å²) in [6, 6.07) is 11.7. The Labute approximate surface area is 219 Å². The van der Waals surface area contributed by atoms with Crippen molar-refractivity contribution in [1.29, 1.82) is 0 Å². The molecule has 2 rings (SSSR count). The minimum absolute atomic E-state index is 0.240. The molecule has 0 aliphatic heterocycles. The number of hydrogen-bond donors (Lipinski definition) is 4. The van der Waals surface area contributed by atoms with Crippen LogP contribution in [-0.2, 0) is 9.59 Å². The molecule has 2 unspecified atom stereocenters. The molecule has 4 atom stereocenters. The predicted octanol–water partition coefficient (Wildman–Crippen LogP) is 4.94. The number of carboxylic acids is 2. The molecule has 10 heteroatoms. The lowest BCUT2D eigenvalue weighted by Crippen LogP contribution is -2.45. The van der Waals surface area contributed by atoms with Gasteiger partial charge in [-0.15, -0.1) is 0 Å². The van der Waals surface area contributed by atoms with Crippen LogP contribution in [0.5, 0.6) is 0 Å². The second kappa shape index (κ2) is 13.9. The van der Waals surface area contributed by atoms with Crippen molar-refractivity contribution in [3.63, 3.8) is 0 Å². The third-order valence-corrected chi connectivity index (χ3v) is 8.50. The Hall–Kier alpha value is -2.98. The lowest BCUT2D eigenvalue weighted by atomic mass is 9.99. The summed E-state index contributed by atoms with van der Waals surface area (Å²) in [5.41, 5.74) is 0.656. The van der Waals surface area contributed by atoms with Crippen LogP contribution < -0.4 is 10.6 Å². The molecular weight excluding hydrogens is 500 g/mol. The number of nitrogens with one attached hydrogen (secondary N) is 2. The van der Waals surface area contributed by atoms with Gasteiger partial charge in [-0.2, -0.15) is 0 Å². The molecule has 2 aromatic rings. The maximum atomic E-state index is 12.9. The highest BCUT2D eigenvalue weighted by atomic mass is 33.1. The Balaban J connectivity index is 2.22. The summed E-state index contributed by atoms with van der Waals surface area (Å²) >= 11 is 0. The predicted molar refractivity (Wildman–Crippen MR) is 141 cm³/mol. The van der Waals surface area contributed by atoms with Crippen LogP contribution in [0.3, 0.4) is 0 Å². The number of carbonyl (C=O) groups excluding carboxylic acids is 2. The largest absolute Gasteiger partial charge is 0.480 e. The van der Waals surface area contributed by atoms with Gasteiger partial charge in [-0.3, -0.25) is 9.59 Å². The number of carboxylic acid groups (broad SMARTS) is 2. The molecule has 194 valence electrons. The van der Waals surface area contributed by atoms with Gasteiger partial charge < -0.3 is 20.8 Å². The van der Waals surface area contributed by atoms with E-state index in [9.17, 15) is 29.4 Å². The summed E-state index contributed by atoms with van der Waals surface area (Å²) < 4.78 is 0. The third kappa shape index (κ3) is 7.76. The summed E-state index contributed by atoms with van der Waals surface area (Å²) in [6.07, 6.45) is 1.20. The fourth-order valence-corrected chi connectivity index (χ4v) is 5.71. The fraction of sp³-hybridized carbons (Fsp3) is 0.385. The van der Waals surface area contributed by atoms with E-state index in [1.54, 1.807) is 62.4 Å². The van der Waals surface area contributed by atoms with E-state index in [0.29, 0.717) is 33.8 Å². The number of rotatable bonds is 13. The molecule has 0 fully saturated rings. The smallest absolute Gasteiger partial charge is 0.326 e. The van der Waals surface area contributed by atoms with Gasteiger partial charge in [0, 0.05) is 9.79 Å². The van der Waals surface area contributed by atoms with Gasteiger partial charge in [-0.25, -0.2) is 9.59 Å². The molecule has 2 amide bonds. The first-order chi connectivity index (χ1) is 17.1. The maximum absolute atomic E-state index is 12.9. The summed E-state index contributed by atoms with van der Waals surface area (Å²) in [5, 5.41) is 24.3.